The minimum atomic E-state index is -1.55. The summed E-state index contributed by atoms with van der Waals surface area (Å²) in [4.78, 5) is 27.7. The second-order valence-corrected chi connectivity index (χ2v) is 10.5. The Hall–Kier alpha value is -2.86. The summed E-state index contributed by atoms with van der Waals surface area (Å²) in [6.45, 7) is 11.0. The van der Waals surface area contributed by atoms with Crippen molar-refractivity contribution in [3.05, 3.63) is 59.7 Å². The smallest absolute Gasteiger partial charge is 0.411 e. The van der Waals surface area contributed by atoms with E-state index in [2.05, 4.69) is 24.3 Å². The molecule has 1 aliphatic heterocycles. The molecule has 1 unspecified atom stereocenters. The van der Waals surface area contributed by atoms with Gasteiger partial charge >= 0.3 is 12.1 Å². The molecule has 6 heteroatoms. The quantitative estimate of drug-likeness (QED) is 0.654. The van der Waals surface area contributed by atoms with Gasteiger partial charge in [0.15, 0.2) is 5.54 Å². The number of hydrogen-bond acceptors (Lipinski definition) is 4. The van der Waals surface area contributed by atoms with Crippen molar-refractivity contribution in [3.8, 4) is 11.1 Å². The zero-order valence-electron chi connectivity index (χ0n) is 20.2. The van der Waals surface area contributed by atoms with Gasteiger partial charge in [0.25, 0.3) is 0 Å². The number of amides is 1. The van der Waals surface area contributed by atoms with Crippen LogP contribution in [0.4, 0.5) is 4.79 Å². The summed E-state index contributed by atoms with van der Waals surface area (Å²) in [5, 5.41) is 10.4. The van der Waals surface area contributed by atoms with Gasteiger partial charge < -0.3 is 14.6 Å². The molecular weight excluding hydrogens is 418 g/mol. The Labute approximate surface area is 195 Å². The van der Waals surface area contributed by atoms with Crippen molar-refractivity contribution in [1.82, 2.24) is 4.90 Å². The van der Waals surface area contributed by atoms with E-state index in [4.69, 9.17) is 9.47 Å². The molecule has 4 rings (SSSR count). The van der Waals surface area contributed by atoms with Crippen molar-refractivity contribution >= 4 is 12.1 Å². The van der Waals surface area contributed by atoms with Crippen LogP contribution in [0.3, 0.4) is 0 Å². The molecule has 1 amide bonds. The summed E-state index contributed by atoms with van der Waals surface area (Å²) >= 11 is 0. The van der Waals surface area contributed by atoms with Crippen LogP contribution >= 0.6 is 0 Å². The number of carboxylic acids is 1. The minimum absolute atomic E-state index is 0.0968. The molecule has 1 N–H and O–H groups in total. The lowest BCUT2D eigenvalue weighted by atomic mass is 9.77. The van der Waals surface area contributed by atoms with Crippen LogP contribution in [0.1, 0.15) is 65.0 Å². The molecule has 6 nitrogen and oxygen atoms in total. The maximum Gasteiger partial charge on any atom is 0.411 e. The Morgan fingerprint density at radius 2 is 1.55 bits per heavy atom. The Balaban J connectivity index is 1.65. The van der Waals surface area contributed by atoms with Gasteiger partial charge in [-0.1, -0.05) is 48.5 Å². The summed E-state index contributed by atoms with van der Waals surface area (Å²) < 4.78 is 12.0. The highest BCUT2D eigenvalue weighted by molar-refractivity contribution is 5.87. The number of ether oxygens (including phenoxy) is 2. The van der Waals surface area contributed by atoms with E-state index in [1.807, 2.05) is 52.0 Å². The topological polar surface area (TPSA) is 76.1 Å². The molecule has 0 bridgehead atoms. The zero-order valence-corrected chi connectivity index (χ0v) is 20.2. The van der Waals surface area contributed by atoms with Crippen molar-refractivity contribution < 1.29 is 24.2 Å². The van der Waals surface area contributed by atoms with Crippen LogP contribution in [0.15, 0.2) is 48.5 Å². The fraction of sp³-hybridized carbons (Fsp3) is 0.481. The fourth-order valence-electron chi connectivity index (χ4n) is 5.92. The highest BCUT2D eigenvalue weighted by Gasteiger charge is 2.67. The van der Waals surface area contributed by atoms with Crippen molar-refractivity contribution in [3.63, 3.8) is 0 Å². The van der Waals surface area contributed by atoms with Gasteiger partial charge in [-0.05, 0) is 63.8 Å². The fourth-order valence-corrected chi connectivity index (χ4v) is 5.92. The number of carbonyl (C=O) groups is 2. The van der Waals surface area contributed by atoms with Crippen molar-refractivity contribution in [2.24, 2.45) is 0 Å². The van der Waals surface area contributed by atoms with Crippen molar-refractivity contribution in [1.29, 1.82) is 0 Å². The second kappa shape index (κ2) is 7.87. The average molecular weight is 452 g/mol. The first-order valence-electron chi connectivity index (χ1n) is 11.5. The summed E-state index contributed by atoms with van der Waals surface area (Å²) in [7, 11) is 0. The molecule has 0 radical (unpaired) electrons. The normalized spacial score (nSPS) is 22.6. The average Bonchev–Trinajstić information content (AvgIpc) is 3.14. The number of fused-ring (bicyclic) bond motifs is 3. The molecule has 0 saturated carbocycles. The van der Waals surface area contributed by atoms with E-state index in [0.29, 0.717) is 0 Å². The third kappa shape index (κ3) is 3.61. The van der Waals surface area contributed by atoms with E-state index in [1.165, 1.54) is 4.90 Å². The van der Waals surface area contributed by atoms with Crippen LogP contribution in [-0.4, -0.2) is 51.5 Å². The Bertz CT molecular complexity index is 1040. The van der Waals surface area contributed by atoms with E-state index in [0.717, 1.165) is 22.3 Å². The molecule has 176 valence electrons. The summed E-state index contributed by atoms with van der Waals surface area (Å²) in [5.74, 6) is -1.18. The Morgan fingerprint density at radius 3 is 1.97 bits per heavy atom. The molecule has 1 saturated heterocycles. The van der Waals surface area contributed by atoms with E-state index in [-0.39, 0.29) is 18.9 Å². The van der Waals surface area contributed by atoms with Crippen LogP contribution in [-0.2, 0) is 14.3 Å². The van der Waals surface area contributed by atoms with Crippen molar-refractivity contribution in [2.45, 2.75) is 76.7 Å². The number of nitrogens with zero attached hydrogens (tertiary/aromatic N) is 1. The van der Waals surface area contributed by atoms with Crippen LogP contribution in [0.5, 0.6) is 0 Å². The molecule has 1 aliphatic carbocycles. The van der Waals surface area contributed by atoms with Gasteiger partial charge in [0.2, 0.25) is 0 Å². The van der Waals surface area contributed by atoms with Gasteiger partial charge in [-0.25, -0.2) is 9.59 Å². The lowest BCUT2D eigenvalue weighted by Crippen LogP contribution is -2.67. The van der Waals surface area contributed by atoms with Crippen molar-refractivity contribution in [2.75, 3.05) is 6.61 Å². The van der Waals surface area contributed by atoms with Gasteiger partial charge in [-0.15, -0.1) is 0 Å². The molecule has 2 aliphatic rings. The second-order valence-electron chi connectivity index (χ2n) is 10.5. The monoisotopic (exact) mass is 451 g/mol. The van der Waals surface area contributed by atoms with E-state index in [1.54, 1.807) is 13.8 Å². The molecule has 1 atom stereocenters. The molecule has 1 heterocycles. The number of benzene rings is 2. The molecule has 33 heavy (non-hydrogen) atoms. The highest BCUT2D eigenvalue weighted by Crippen LogP contribution is 2.50. The van der Waals surface area contributed by atoms with Gasteiger partial charge in [-0.3, -0.25) is 4.90 Å². The zero-order chi connectivity index (χ0) is 24.2. The first kappa shape index (κ1) is 23.3. The van der Waals surface area contributed by atoms with Gasteiger partial charge in [-0.2, -0.15) is 0 Å². The maximum absolute atomic E-state index is 13.5. The summed E-state index contributed by atoms with van der Waals surface area (Å²) in [6, 6.07) is 15.9. The predicted octanol–water partition coefficient (Wildman–Crippen LogP) is 5.45. The third-order valence-corrected chi connectivity index (χ3v) is 7.02. The third-order valence-electron chi connectivity index (χ3n) is 7.02. The molecule has 1 fully saturated rings. The predicted molar refractivity (Wildman–Crippen MR) is 126 cm³/mol. The first-order valence-corrected chi connectivity index (χ1v) is 11.5. The van der Waals surface area contributed by atoms with E-state index < -0.39 is 34.8 Å². The summed E-state index contributed by atoms with van der Waals surface area (Å²) in [5.41, 5.74) is 1.17. The number of hydrogen-bond donors (Lipinski definition) is 1. The lowest BCUT2D eigenvalue weighted by molar-refractivity contribution is -0.165. The number of carbonyl (C=O) groups excluding carboxylic acids is 1. The van der Waals surface area contributed by atoms with Gasteiger partial charge in [0, 0.05) is 18.4 Å². The SMILES string of the molecule is CC(C)N(C(=O)OCC1c2ccccc2-c2ccccc21)C1(C(=O)O)CC(C)(C)OC1(C)C. The highest BCUT2D eigenvalue weighted by atomic mass is 16.6. The van der Waals surface area contributed by atoms with E-state index >= 15 is 0 Å². The maximum atomic E-state index is 13.5. The van der Waals surface area contributed by atoms with E-state index in [9.17, 15) is 14.7 Å². The number of rotatable bonds is 5. The molecule has 2 aromatic rings. The van der Waals surface area contributed by atoms with Crippen LogP contribution < -0.4 is 0 Å². The Morgan fingerprint density at radius 1 is 1.03 bits per heavy atom. The number of carboxylic acid groups (broad SMARTS) is 1. The molecule has 2 aromatic carbocycles. The standard InChI is InChI=1S/C27H33NO5/c1-17(2)28(27(23(29)30)16-25(3,4)33-26(27,5)6)24(31)32-15-22-20-13-9-7-11-18(20)19-12-8-10-14-21(19)22/h7-14,17,22H,15-16H2,1-6H3,(H,29,30). The largest absolute Gasteiger partial charge is 0.479 e. The number of aliphatic carboxylic acids is 1. The minimum Gasteiger partial charge on any atom is -0.479 e. The lowest BCUT2D eigenvalue weighted by Gasteiger charge is -2.46. The Kier molecular flexibility index (Phi) is 5.56. The van der Waals surface area contributed by atoms with Crippen LogP contribution in [0, 0.1) is 0 Å². The van der Waals surface area contributed by atoms with Gasteiger partial charge in [0.05, 0.1) is 11.2 Å². The molecule has 0 spiro atoms. The molecular formula is C27H33NO5. The first-order chi connectivity index (χ1) is 15.4. The summed E-state index contributed by atoms with van der Waals surface area (Å²) in [6.07, 6.45) is -0.464. The van der Waals surface area contributed by atoms with Gasteiger partial charge in [0.1, 0.15) is 6.61 Å². The van der Waals surface area contributed by atoms with Crippen LogP contribution in [0.2, 0.25) is 0 Å². The molecule has 0 aromatic heterocycles. The van der Waals surface area contributed by atoms with Crippen LogP contribution in [0.25, 0.3) is 11.1 Å².